The third kappa shape index (κ3) is 7.11. The summed E-state index contributed by atoms with van der Waals surface area (Å²) in [5.74, 6) is 2.49. The Morgan fingerprint density at radius 1 is 0.907 bits per heavy atom. The maximum absolute atomic E-state index is 10.7. The van der Waals surface area contributed by atoms with Gasteiger partial charge in [-0.05, 0) is 105 Å². The Kier molecular flexibility index (Phi) is 10.8. The van der Waals surface area contributed by atoms with Crippen LogP contribution in [0.25, 0.3) is 0 Å². The number of rotatable bonds is 10. The molecule has 2 unspecified atom stereocenters. The lowest BCUT2D eigenvalue weighted by atomic mass is 9.60. The van der Waals surface area contributed by atoms with E-state index in [4.69, 9.17) is 4.18 Å². The van der Waals surface area contributed by atoms with Crippen LogP contribution in [0.2, 0.25) is 0 Å². The van der Waals surface area contributed by atoms with Crippen molar-refractivity contribution in [2.24, 2.45) is 17.8 Å². The second-order valence-corrected chi connectivity index (χ2v) is 13.2. The fraction of sp³-hybridized carbons (Fsp3) is 0.486. The smallest absolute Gasteiger partial charge is 0.179 e. The highest BCUT2D eigenvalue weighted by molar-refractivity contribution is 7.96. The van der Waals surface area contributed by atoms with Crippen LogP contribution in [0.5, 0.6) is 5.75 Å². The molecule has 0 spiro atoms. The standard InChI is InChI=1S/C35H43N5OS.H2S/c1-38(32-15-20-37-21-16-32)42-41-34-13-11-33(12-14-34)40-24-17-28(26-40)25-39-22-18-31(19-23-39)35(27-36,30-9-5-6-10-30)29-7-3-2-4-8-29;/h2-4,7-8,11-16,20-21,28,30-31H,5-6,9-10,17-19,22-26H2,1H3;1H2. The highest BCUT2D eigenvalue weighted by atomic mass is 32.2. The van der Waals surface area contributed by atoms with Gasteiger partial charge in [-0.3, -0.25) is 9.29 Å². The monoisotopic (exact) mass is 615 g/mol. The van der Waals surface area contributed by atoms with Crippen LogP contribution in [0.15, 0.2) is 79.1 Å². The fourth-order valence-corrected chi connectivity index (χ4v) is 8.22. The number of aromatic nitrogens is 1. The molecule has 3 aliphatic rings. The summed E-state index contributed by atoms with van der Waals surface area (Å²) in [6.07, 6.45) is 12.0. The van der Waals surface area contributed by atoms with Crippen molar-refractivity contribution in [2.45, 2.75) is 50.4 Å². The predicted octanol–water partition coefficient (Wildman–Crippen LogP) is 7.46. The third-order valence-electron chi connectivity index (χ3n) is 9.94. The zero-order valence-corrected chi connectivity index (χ0v) is 27.1. The van der Waals surface area contributed by atoms with E-state index in [1.807, 2.05) is 23.5 Å². The summed E-state index contributed by atoms with van der Waals surface area (Å²) in [6.45, 7) is 5.60. The summed E-state index contributed by atoms with van der Waals surface area (Å²) in [5, 5.41) is 10.7. The van der Waals surface area contributed by atoms with Gasteiger partial charge in [-0.1, -0.05) is 43.2 Å². The minimum atomic E-state index is -0.323. The number of pyridine rings is 1. The van der Waals surface area contributed by atoms with E-state index in [1.54, 1.807) is 12.4 Å². The number of likely N-dealkylation sites (tertiary alicyclic amines) is 1. The topological polar surface area (TPSA) is 55.6 Å². The molecule has 1 aromatic heterocycles. The van der Waals surface area contributed by atoms with Crippen molar-refractivity contribution in [3.8, 4) is 11.8 Å². The Bertz CT molecular complexity index is 1310. The van der Waals surface area contributed by atoms with E-state index in [9.17, 15) is 5.26 Å². The lowest BCUT2D eigenvalue weighted by Gasteiger charge is -2.45. The molecular formula is C35H45N5OS2. The first kappa shape index (κ1) is 31.6. The van der Waals surface area contributed by atoms with Gasteiger partial charge in [-0.25, -0.2) is 0 Å². The van der Waals surface area contributed by atoms with Crippen molar-refractivity contribution in [3.05, 3.63) is 84.7 Å². The van der Waals surface area contributed by atoms with Crippen molar-refractivity contribution in [3.63, 3.8) is 0 Å². The predicted molar refractivity (Wildman–Crippen MR) is 183 cm³/mol. The van der Waals surface area contributed by atoms with E-state index in [1.165, 1.54) is 55.6 Å². The molecule has 1 aliphatic carbocycles. The Balaban J connectivity index is 0.00000368. The third-order valence-corrected chi connectivity index (χ3v) is 10.6. The lowest BCUT2D eigenvalue weighted by Crippen LogP contribution is -2.47. The van der Waals surface area contributed by atoms with Gasteiger partial charge in [-0.2, -0.15) is 18.8 Å². The van der Waals surface area contributed by atoms with E-state index in [0.717, 1.165) is 57.0 Å². The van der Waals surface area contributed by atoms with Gasteiger partial charge in [0.1, 0.15) is 5.75 Å². The zero-order valence-electron chi connectivity index (χ0n) is 25.3. The number of hydrogen-bond acceptors (Lipinski definition) is 7. The maximum Gasteiger partial charge on any atom is 0.179 e. The van der Waals surface area contributed by atoms with E-state index in [0.29, 0.717) is 17.8 Å². The van der Waals surface area contributed by atoms with Crippen molar-refractivity contribution >= 4 is 37.1 Å². The molecule has 43 heavy (non-hydrogen) atoms. The molecule has 0 bridgehead atoms. The Morgan fingerprint density at radius 3 is 2.26 bits per heavy atom. The molecular weight excluding hydrogens is 571 g/mol. The first-order valence-electron chi connectivity index (χ1n) is 15.7. The minimum Gasteiger partial charge on any atom is -0.405 e. The van der Waals surface area contributed by atoms with E-state index >= 15 is 0 Å². The second-order valence-electron chi connectivity index (χ2n) is 12.4. The van der Waals surface area contributed by atoms with Gasteiger partial charge in [-0.15, -0.1) is 0 Å². The van der Waals surface area contributed by atoms with E-state index in [-0.39, 0.29) is 18.9 Å². The highest BCUT2D eigenvalue weighted by Crippen LogP contribution is 2.50. The molecule has 2 atom stereocenters. The van der Waals surface area contributed by atoms with E-state index < -0.39 is 0 Å². The van der Waals surface area contributed by atoms with Gasteiger partial charge >= 0.3 is 0 Å². The molecule has 0 N–H and O–H groups in total. The molecule has 8 heteroatoms. The molecule has 2 aliphatic heterocycles. The normalized spacial score (nSPS) is 21.1. The van der Waals surface area contributed by atoms with Gasteiger partial charge in [0.25, 0.3) is 0 Å². The largest absolute Gasteiger partial charge is 0.405 e. The molecule has 6 rings (SSSR count). The van der Waals surface area contributed by atoms with Crippen molar-refractivity contribution in [2.75, 3.05) is 49.0 Å². The summed E-state index contributed by atoms with van der Waals surface area (Å²) in [4.78, 5) is 9.28. The van der Waals surface area contributed by atoms with Gasteiger partial charge in [0.2, 0.25) is 0 Å². The molecule has 228 valence electrons. The highest BCUT2D eigenvalue weighted by Gasteiger charge is 2.48. The fourth-order valence-electron chi connectivity index (χ4n) is 7.71. The van der Waals surface area contributed by atoms with Crippen LogP contribution in [-0.4, -0.2) is 49.7 Å². The van der Waals surface area contributed by atoms with Crippen LogP contribution in [0.1, 0.15) is 50.5 Å². The van der Waals surface area contributed by atoms with Crippen LogP contribution in [0, 0.1) is 29.1 Å². The number of benzene rings is 2. The summed E-state index contributed by atoms with van der Waals surface area (Å²) in [6, 6.07) is 26.2. The van der Waals surface area contributed by atoms with Crippen molar-refractivity contribution in [1.29, 1.82) is 5.26 Å². The average molecular weight is 616 g/mol. The van der Waals surface area contributed by atoms with Gasteiger partial charge in [0.15, 0.2) is 12.2 Å². The molecule has 2 saturated heterocycles. The summed E-state index contributed by atoms with van der Waals surface area (Å²) in [5.41, 5.74) is 3.26. The van der Waals surface area contributed by atoms with Gasteiger partial charge < -0.3 is 14.0 Å². The summed E-state index contributed by atoms with van der Waals surface area (Å²) >= 11 is 1.32. The Labute approximate surface area is 269 Å². The SMILES string of the molecule is CN(SOc1ccc(N2CCC(CN3CCC(C(C#N)(c4ccccc4)C4CCCC4)CC3)C2)cc1)c1ccncc1.S. The quantitative estimate of drug-likeness (QED) is 0.173. The lowest BCUT2D eigenvalue weighted by molar-refractivity contribution is 0.110. The summed E-state index contributed by atoms with van der Waals surface area (Å²) in [7, 11) is 1.99. The Hall–Kier alpha value is -2.86. The van der Waals surface area contributed by atoms with Gasteiger partial charge in [0, 0.05) is 44.8 Å². The zero-order chi connectivity index (χ0) is 28.8. The molecule has 6 nitrogen and oxygen atoms in total. The van der Waals surface area contributed by atoms with Crippen molar-refractivity contribution in [1.82, 2.24) is 9.88 Å². The minimum absolute atomic E-state index is 0. The number of piperidine rings is 1. The number of nitriles is 1. The van der Waals surface area contributed by atoms with E-state index in [2.05, 4.69) is 75.5 Å². The van der Waals surface area contributed by atoms with Crippen LogP contribution in [0.4, 0.5) is 11.4 Å². The molecule has 3 aromatic rings. The Morgan fingerprint density at radius 2 is 1.58 bits per heavy atom. The first-order valence-corrected chi connectivity index (χ1v) is 16.4. The number of hydrogen-bond donors (Lipinski definition) is 0. The number of nitrogens with zero attached hydrogens (tertiary/aromatic N) is 5. The molecule has 0 radical (unpaired) electrons. The van der Waals surface area contributed by atoms with Crippen LogP contribution in [-0.2, 0) is 5.41 Å². The molecule has 0 amide bonds. The maximum atomic E-state index is 10.7. The van der Waals surface area contributed by atoms with Gasteiger partial charge in [0.05, 0.1) is 17.2 Å². The first-order chi connectivity index (χ1) is 20.7. The van der Waals surface area contributed by atoms with Crippen LogP contribution >= 0.6 is 25.7 Å². The molecule has 3 heterocycles. The van der Waals surface area contributed by atoms with Crippen LogP contribution in [0.3, 0.4) is 0 Å². The molecule has 1 saturated carbocycles. The van der Waals surface area contributed by atoms with Crippen molar-refractivity contribution < 1.29 is 4.18 Å². The van der Waals surface area contributed by atoms with Crippen LogP contribution < -0.4 is 13.4 Å². The molecule has 3 fully saturated rings. The molecule has 2 aromatic carbocycles. The average Bonchev–Trinajstić information content (AvgIpc) is 3.76. The second kappa shape index (κ2) is 14.7. The summed E-state index contributed by atoms with van der Waals surface area (Å²) < 4.78 is 7.93. The number of anilines is 2.